The molecule has 3 heteroatoms. The highest BCUT2D eigenvalue weighted by atomic mass is 16.5. The SMILES string of the molecule is N[C@H]1CCCC[C@H]1OC=O. The van der Waals surface area contributed by atoms with E-state index in [9.17, 15) is 4.79 Å². The smallest absolute Gasteiger partial charge is 0.293 e. The fourth-order valence-electron chi connectivity index (χ4n) is 1.37. The summed E-state index contributed by atoms with van der Waals surface area (Å²) in [4.78, 5) is 9.94. The average molecular weight is 143 g/mol. The summed E-state index contributed by atoms with van der Waals surface area (Å²) >= 11 is 0. The van der Waals surface area contributed by atoms with Crippen LogP contribution in [0.3, 0.4) is 0 Å². The zero-order chi connectivity index (χ0) is 7.40. The van der Waals surface area contributed by atoms with Crippen molar-refractivity contribution in [3.05, 3.63) is 0 Å². The summed E-state index contributed by atoms with van der Waals surface area (Å²) in [5.41, 5.74) is 5.68. The summed E-state index contributed by atoms with van der Waals surface area (Å²) in [6, 6.07) is 0.0685. The Morgan fingerprint density at radius 3 is 2.70 bits per heavy atom. The summed E-state index contributed by atoms with van der Waals surface area (Å²) in [7, 11) is 0. The van der Waals surface area contributed by atoms with Gasteiger partial charge in [0.25, 0.3) is 6.47 Å². The van der Waals surface area contributed by atoms with Crippen LogP contribution in [0.1, 0.15) is 25.7 Å². The van der Waals surface area contributed by atoms with Crippen LogP contribution in [0.4, 0.5) is 0 Å². The van der Waals surface area contributed by atoms with Crippen molar-refractivity contribution in [3.8, 4) is 0 Å². The fourth-order valence-corrected chi connectivity index (χ4v) is 1.37. The maximum atomic E-state index is 9.94. The van der Waals surface area contributed by atoms with E-state index in [4.69, 9.17) is 10.5 Å². The normalized spacial score (nSPS) is 33.3. The summed E-state index contributed by atoms with van der Waals surface area (Å²) in [5.74, 6) is 0. The molecule has 2 atom stereocenters. The van der Waals surface area contributed by atoms with Crippen LogP contribution >= 0.6 is 0 Å². The minimum atomic E-state index is -0.0220. The van der Waals surface area contributed by atoms with Gasteiger partial charge >= 0.3 is 0 Å². The quantitative estimate of drug-likeness (QED) is 0.570. The van der Waals surface area contributed by atoms with E-state index >= 15 is 0 Å². The predicted molar refractivity (Wildman–Crippen MR) is 37.4 cm³/mol. The Kier molecular flexibility index (Phi) is 2.68. The summed E-state index contributed by atoms with van der Waals surface area (Å²) in [6.45, 7) is 0.496. The number of ether oxygens (including phenoxy) is 1. The molecule has 3 nitrogen and oxygen atoms in total. The van der Waals surface area contributed by atoms with Crippen LogP contribution in [0, 0.1) is 0 Å². The molecule has 58 valence electrons. The van der Waals surface area contributed by atoms with E-state index in [2.05, 4.69) is 0 Å². The van der Waals surface area contributed by atoms with Crippen molar-refractivity contribution in [1.82, 2.24) is 0 Å². The van der Waals surface area contributed by atoms with E-state index in [-0.39, 0.29) is 12.1 Å². The van der Waals surface area contributed by atoms with Gasteiger partial charge in [0.2, 0.25) is 0 Å². The Morgan fingerprint density at radius 1 is 1.40 bits per heavy atom. The summed E-state index contributed by atoms with van der Waals surface area (Å²) < 4.78 is 4.79. The minimum Gasteiger partial charge on any atom is -0.463 e. The monoisotopic (exact) mass is 143 g/mol. The molecule has 1 saturated carbocycles. The van der Waals surface area contributed by atoms with E-state index in [1.807, 2.05) is 0 Å². The van der Waals surface area contributed by atoms with Crippen molar-refractivity contribution in [1.29, 1.82) is 0 Å². The molecule has 0 bridgehead atoms. The lowest BCUT2D eigenvalue weighted by Gasteiger charge is -2.26. The second kappa shape index (κ2) is 3.56. The first-order chi connectivity index (χ1) is 4.84. The highest BCUT2D eigenvalue weighted by molar-refractivity contribution is 5.37. The Balaban J connectivity index is 2.32. The van der Waals surface area contributed by atoms with Gasteiger partial charge < -0.3 is 10.5 Å². The third kappa shape index (κ3) is 1.70. The number of hydrogen-bond donors (Lipinski definition) is 1. The van der Waals surface area contributed by atoms with Gasteiger partial charge in [-0.3, -0.25) is 4.79 Å². The Bertz CT molecular complexity index is 116. The molecular weight excluding hydrogens is 130 g/mol. The van der Waals surface area contributed by atoms with Crippen LogP contribution in [-0.2, 0) is 9.53 Å². The van der Waals surface area contributed by atoms with Gasteiger partial charge in [-0.15, -0.1) is 0 Å². The molecule has 2 N–H and O–H groups in total. The van der Waals surface area contributed by atoms with Gasteiger partial charge in [-0.1, -0.05) is 6.42 Å². The van der Waals surface area contributed by atoms with Gasteiger partial charge in [0.1, 0.15) is 6.10 Å². The van der Waals surface area contributed by atoms with Crippen molar-refractivity contribution >= 4 is 6.47 Å². The van der Waals surface area contributed by atoms with Crippen LogP contribution < -0.4 is 5.73 Å². The Labute approximate surface area is 60.5 Å². The van der Waals surface area contributed by atoms with Crippen molar-refractivity contribution in [2.45, 2.75) is 37.8 Å². The first-order valence-corrected chi connectivity index (χ1v) is 3.69. The van der Waals surface area contributed by atoms with Crippen LogP contribution in [0.5, 0.6) is 0 Å². The Hall–Kier alpha value is -0.570. The first-order valence-electron chi connectivity index (χ1n) is 3.69. The molecule has 0 amide bonds. The number of carbonyl (C=O) groups excluding carboxylic acids is 1. The van der Waals surface area contributed by atoms with Crippen molar-refractivity contribution in [2.24, 2.45) is 5.73 Å². The molecule has 10 heavy (non-hydrogen) atoms. The number of carbonyl (C=O) groups is 1. The lowest BCUT2D eigenvalue weighted by Crippen LogP contribution is -2.39. The van der Waals surface area contributed by atoms with E-state index in [0.29, 0.717) is 6.47 Å². The van der Waals surface area contributed by atoms with E-state index < -0.39 is 0 Å². The van der Waals surface area contributed by atoms with Gasteiger partial charge in [-0.2, -0.15) is 0 Å². The average Bonchev–Trinajstić information content (AvgIpc) is 1.94. The fraction of sp³-hybridized carbons (Fsp3) is 0.857. The van der Waals surface area contributed by atoms with Crippen molar-refractivity contribution in [2.75, 3.05) is 0 Å². The molecule has 0 saturated heterocycles. The number of nitrogens with two attached hydrogens (primary N) is 1. The Morgan fingerprint density at radius 2 is 2.10 bits per heavy atom. The van der Waals surface area contributed by atoms with Crippen LogP contribution in [0.15, 0.2) is 0 Å². The molecule has 0 aromatic carbocycles. The molecule has 1 fully saturated rings. The topological polar surface area (TPSA) is 52.3 Å². The number of rotatable bonds is 2. The largest absolute Gasteiger partial charge is 0.463 e. The molecule has 0 aromatic heterocycles. The standard InChI is InChI=1S/C7H13NO2/c8-6-3-1-2-4-7(6)10-5-9/h5-7H,1-4,8H2/t6-,7+/m0/s1. The number of hydrogen-bond acceptors (Lipinski definition) is 3. The third-order valence-electron chi connectivity index (χ3n) is 1.98. The van der Waals surface area contributed by atoms with Gasteiger partial charge in [0, 0.05) is 6.04 Å². The molecule has 1 rings (SSSR count). The van der Waals surface area contributed by atoms with Crippen LogP contribution in [0.2, 0.25) is 0 Å². The maximum absolute atomic E-state index is 9.94. The molecule has 1 aliphatic rings. The molecule has 1 aliphatic carbocycles. The molecule has 0 aliphatic heterocycles. The predicted octanol–water partition coefficient (Wildman–Crippen LogP) is 0.429. The highest BCUT2D eigenvalue weighted by Crippen LogP contribution is 2.18. The first kappa shape index (κ1) is 7.54. The van der Waals surface area contributed by atoms with E-state index in [1.54, 1.807) is 0 Å². The van der Waals surface area contributed by atoms with Gasteiger partial charge in [-0.05, 0) is 19.3 Å². The zero-order valence-electron chi connectivity index (χ0n) is 5.95. The zero-order valence-corrected chi connectivity index (χ0v) is 5.95. The summed E-state index contributed by atoms with van der Waals surface area (Å²) in [6.07, 6.45) is 4.19. The van der Waals surface area contributed by atoms with E-state index in [0.717, 1.165) is 19.3 Å². The van der Waals surface area contributed by atoms with Crippen molar-refractivity contribution < 1.29 is 9.53 Å². The van der Waals surface area contributed by atoms with Crippen molar-refractivity contribution in [3.63, 3.8) is 0 Å². The molecule has 0 heterocycles. The second-order valence-corrected chi connectivity index (χ2v) is 2.72. The molecule has 0 radical (unpaired) electrons. The minimum absolute atomic E-state index is 0.0220. The lowest BCUT2D eigenvalue weighted by atomic mass is 9.93. The third-order valence-corrected chi connectivity index (χ3v) is 1.98. The van der Waals surface area contributed by atoms with E-state index in [1.165, 1.54) is 6.42 Å². The molecule has 0 spiro atoms. The van der Waals surface area contributed by atoms with Gasteiger partial charge in [0.05, 0.1) is 0 Å². The molecular formula is C7H13NO2. The highest BCUT2D eigenvalue weighted by Gasteiger charge is 2.22. The maximum Gasteiger partial charge on any atom is 0.293 e. The van der Waals surface area contributed by atoms with Crippen LogP contribution in [0.25, 0.3) is 0 Å². The lowest BCUT2D eigenvalue weighted by molar-refractivity contribution is -0.135. The summed E-state index contributed by atoms with van der Waals surface area (Å²) in [5, 5.41) is 0. The van der Waals surface area contributed by atoms with Gasteiger partial charge in [0.15, 0.2) is 0 Å². The van der Waals surface area contributed by atoms with Gasteiger partial charge in [-0.25, -0.2) is 0 Å². The second-order valence-electron chi connectivity index (χ2n) is 2.72. The van der Waals surface area contributed by atoms with Crippen LogP contribution in [-0.4, -0.2) is 18.6 Å². The molecule has 0 aromatic rings. The molecule has 0 unspecified atom stereocenters.